The van der Waals surface area contributed by atoms with Crippen LogP contribution in [0.4, 0.5) is 0 Å². The van der Waals surface area contributed by atoms with Gasteiger partial charge in [0.25, 0.3) is 0 Å². The minimum Gasteiger partial charge on any atom is -0.460 e. The number of hydrogen-bond acceptors (Lipinski definition) is 4. The van der Waals surface area contributed by atoms with E-state index in [1.807, 2.05) is 6.07 Å². The van der Waals surface area contributed by atoms with Gasteiger partial charge in [0.2, 0.25) is 5.82 Å². The molecular weight excluding hydrogens is 206 g/mol. The number of H-pyrrole nitrogens is 1. The molecule has 16 heavy (non-hydrogen) atoms. The number of aromatic nitrogens is 3. The zero-order valence-corrected chi connectivity index (χ0v) is 8.80. The third-order valence-corrected chi connectivity index (χ3v) is 2.01. The average Bonchev–Trinajstić information content (AvgIpc) is 2.83. The van der Waals surface area contributed by atoms with Gasteiger partial charge in [0, 0.05) is 24.2 Å². The van der Waals surface area contributed by atoms with Crippen LogP contribution in [-0.2, 0) is 4.74 Å². The van der Waals surface area contributed by atoms with Gasteiger partial charge in [0.05, 0.1) is 12.3 Å². The van der Waals surface area contributed by atoms with E-state index in [1.54, 1.807) is 31.6 Å². The fraction of sp³-hybridized carbons (Fsp3) is 0.182. The molecule has 5 heteroatoms. The summed E-state index contributed by atoms with van der Waals surface area (Å²) in [5.74, 6) is -0.416. The molecule has 0 saturated carbocycles. The molecule has 1 N–H and O–H groups in total. The monoisotopic (exact) mass is 217 g/mol. The molecule has 5 nitrogen and oxygen atoms in total. The Morgan fingerprint density at radius 1 is 1.50 bits per heavy atom. The number of carbonyl (C=O) groups is 1. The highest BCUT2D eigenvalue weighted by atomic mass is 16.5. The highest BCUT2D eigenvalue weighted by molar-refractivity contribution is 5.85. The lowest BCUT2D eigenvalue weighted by atomic mass is 10.2. The van der Waals surface area contributed by atoms with Gasteiger partial charge < -0.3 is 9.72 Å². The smallest absolute Gasteiger partial charge is 0.376 e. The Bertz CT molecular complexity index is 480. The summed E-state index contributed by atoms with van der Waals surface area (Å²) in [5, 5.41) is 0. The van der Waals surface area contributed by atoms with Crippen molar-refractivity contribution in [2.45, 2.75) is 6.92 Å². The summed E-state index contributed by atoms with van der Waals surface area (Å²) in [6.45, 7) is 2.06. The number of rotatable bonds is 3. The molecule has 0 spiro atoms. The van der Waals surface area contributed by atoms with E-state index in [9.17, 15) is 4.79 Å². The van der Waals surface area contributed by atoms with E-state index in [-0.39, 0.29) is 5.82 Å². The SMILES string of the molecule is CCOC(=O)c1nccc(-c2cc[nH]c2)n1. The molecule has 0 fully saturated rings. The normalized spacial score (nSPS) is 10.1. The Morgan fingerprint density at radius 3 is 3.06 bits per heavy atom. The fourth-order valence-electron chi connectivity index (χ4n) is 1.30. The molecule has 0 atom stereocenters. The van der Waals surface area contributed by atoms with Gasteiger partial charge in [-0.2, -0.15) is 0 Å². The highest BCUT2D eigenvalue weighted by Gasteiger charge is 2.11. The number of hydrogen-bond donors (Lipinski definition) is 1. The minimum atomic E-state index is -0.500. The van der Waals surface area contributed by atoms with Crippen LogP contribution in [0.1, 0.15) is 17.5 Å². The molecule has 82 valence electrons. The van der Waals surface area contributed by atoms with Crippen LogP contribution in [-0.4, -0.2) is 27.5 Å². The quantitative estimate of drug-likeness (QED) is 0.794. The maximum absolute atomic E-state index is 11.4. The van der Waals surface area contributed by atoms with E-state index in [2.05, 4.69) is 15.0 Å². The van der Waals surface area contributed by atoms with E-state index in [0.717, 1.165) is 5.56 Å². The Morgan fingerprint density at radius 2 is 2.38 bits per heavy atom. The fourth-order valence-corrected chi connectivity index (χ4v) is 1.30. The molecule has 2 rings (SSSR count). The van der Waals surface area contributed by atoms with Gasteiger partial charge in [-0.15, -0.1) is 0 Å². The number of aromatic amines is 1. The van der Waals surface area contributed by atoms with Gasteiger partial charge in [-0.25, -0.2) is 14.8 Å². The van der Waals surface area contributed by atoms with Crippen molar-refractivity contribution in [3.8, 4) is 11.3 Å². The maximum Gasteiger partial charge on any atom is 0.376 e. The first-order valence-electron chi connectivity index (χ1n) is 4.94. The predicted molar refractivity (Wildman–Crippen MR) is 57.8 cm³/mol. The van der Waals surface area contributed by atoms with Crippen LogP contribution in [0, 0.1) is 0 Å². The summed E-state index contributed by atoms with van der Waals surface area (Å²) in [7, 11) is 0. The Labute approximate surface area is 92.5 Å². The first-order valence-corrected chi connectivity index (χ1v) is 4.94. The summed E-state index contributed by atoms with van der Waals surface area (Å²) in [6, 6.07) is 3.61. The summed E-state index contributed by atoms with van der Waals surface area (Å²) in [4.78, 5) is 22.3. The molecule has 0 aliphatic rings. The Kier molecular flexibility index (Phi) is 2.95. The van der Waals surface area contributed by atoms with Gasteiger partial charge in [0.1, 0.15) is 0 Å². The molecule has 0 aliphatic heterocycles. The van der Waals surface area contributed by atoms with Crippen LogP contribution in [0.15, 0.2) is 30.7 Å². The molecule has 0 unspecified atom stereocenters. The Hall–Kier alpha value is -2.17. The number of esters is 1. The molecular formula is C11H11N3O2. The second-order valence-corrected chi connectivity index (χ2v) is 3.09. The largest absolute Gasteiger partial charge is 0.460 e. The van der Waals surface area contributed by atoms with Gasteiger partial charge in [0.15, 0.2) is 0 Å². The molecule has 0 amide bonds. The number of nitrogens with one attached hydrogen (secondary N) is 1. The third kappa shape index (κ3) is 2.08. The maximum atomic E-state index is 11.4. The van der Waals surface area contributed by atoms with Crippen LogP contribution >= 0.6 is 0 Å². The van der Waals surface area contributed by atoms with Crippen molar-refractivity contribution >= 4 is 5.97 Å². The van der Waals surface area contributed by atoms with Crippen molar-refractivity contribution in [2.24, 2.45) is 0 Å². The van der Waals surface area contributed by atoms with Crippen LogP contribution in [0.3, 0.4) is 0 Å². The summed E-state index contributed by atoms with van der Waals surface area (Å²) < 4.78 is 4.83. The van der Waals surface area contributed by atoms with Crippen molar-refractivity contribution in [3.63, 3.8) is 0 Å². The van der Waals surface area contributed by atoms with E-state index in [4.69, 9.17) is 4.74 Å². The van der Waals surface area contributed by atoms with E-state index in [1.165, 1.54) is 0 Å². The lowest BCUT2D eigenvalue weighted by Gasteiger charge is -2.01. The second-order valence-electron chi connectivity index (χ2n) is 3.09. The topological polar surface area (TPSA) is 67.9 Å². The van der Waals surface area contributed by atoms with Crippen LogP contribution in [0.5, 0.6) is 0 Å². The summed E-state index contributed by atoms with van der Waals surface area (Å²) >= 11 is 0. The van der Waals surface area contributed by atoms with E-state index >= 15 is 0 Å². The van der Waals surface area contributed by atoms with Gasteiger partial charge in [-0.3, -0.25) is 0 Å². The molecule has 2 heterocycles. The van der Waals surface area contributed by atoms with Crippen molar-refractivity contribution in [3.05, 3.63) is 36.5 Å². The zero-order valence-electron chi connectivity index (χ0n) is 8.80. The van der Waals surface area contributed by atoms with E-state index in [0.29, 0.717) is 12.3 Å². The summed E-state index contributed by atoms with van der Waals surface area (Å²) in [5.41, 5.74) is 1.60. The highest BCUT2D eigenvalue weighted by Crippen LogP contribution is 2.14. The first-order chi connectivity index (χ1) is 7.81. The van der Waals surface area contributed by atoms with Gasteiger partial charge >= 0.3 is 5.97 Å². The molecule has 0 bridgehead atoms. The predicted octanol–water partition coefficient (Wildman–Crippen LogP) is 1.65. The zero-order chi connectivity index (χ0) is 11.4. The molecule has 2 aromatic rings. The van der Waals surface area contributed by atoms with Crippen molar-refractivity contribution in [2.75, 3.05) is 6.61 Å². The molecule has 2 aromatic heterocycles. The molecule has 0 radical (unpaired) electrons. The Balaban J connectivity index is 2.30. The molecule has 0 aromatic carbocycles. The van der Waals surface area contributed by atoms with E-state index < -0.39 is 5.97 Å². The molecule has 0 saturated heterocycles. The van der Waals surface area contributed by atoms with Crippen LogP contribution < -0.4 is 0 Å². The van der Waals surface area contributed by atoms with Crippen molar-refractivity contribution < 1.29 is 9.53 Å². The third-order valence-electron chi connectivity index (χ3n) is 2.01. The van der Waals surface area contributed by atoms with Crippen molar-refractivity contribution in [1.29, 1.82) is 0 Å². The van der Waals surface area contributed by atoms with Crippen LogP contribution in [0.2, 0.25) is 0 Å². The number of nitrogens with zero attached hydrogens (tertiary/aromatic N) is 2. The van der Waals surface area contributed by atoms with Gasteiger partial charge in [-0.05, 0) is 19.1 Å². The second kappa shape index (κ2) is 4.57. The van der Waals surface area contributed by atoms with Crippen molar-refractivity contribution in [1.82, 2.24) is 15.0 Å². The number of ether oxygens (including phenoxy) is 1. The standard InChI is InChI=1S/C11H11N3O2/c1-2-16-11(15)10-13-6-4-9(14-10)8-3-5-12-7-8/h3-7,12H,2H2,1H3. The number of carbonyl (C=O) groups excluding carboxylic acids is 1. The first kappa shape index (κ1) is 10.4. The average molecular weight is 217 g/mol. The lowest BCUT2D eigenvalue weighted by molar-refractivity contribution is 0.0512. The molecule has 0 aliphatic carbocycles. The summed E-state index contributed by atoms with van der Waals surface area (Å²) in [6.07, 6.45) is 5.14. The lowest BCUT2D eigenvalue weighted by Crippen LogP contribution is -2.09. The van der Waals surface area contributed by atoms with Gasteiger partial charge in [-0.1, -0.05) is 0 Å². The van der Waals surface area contributed by atoms with Crippen LogP contribution in [0.25, 0.3) is 11.3 Å². The minimum absolute atomic E-state index is 0.0838.